The van der Waals surface area contributed by atoms with Gasteiger partial charge in [0.15, 0.2) is 0 Å². The van der Waals surface area contributed by atoms with E-state index in [9.17, 15) is 4.79 Å². The highest BCUT2D eigenvalue weighted by molar-refractivity contribution is 5.82. The second-order valence-corrected chi connectivity index (χ2v) is 7.44. The van der Waals surface area contributed by atoms with Crippen molar-refractivity contribution in [2.45, 2.75) is 52.1 Å². The molecule has 108 valence electrons. The third-order valence-corrected chi connectivity index (χ3v) is 5.79. The van der Waals surface area contributed by atoms with E-state index in [4.69, 9.17) is 4.74 Å². The standard InChI is InChI=1S/C15H26N2O2/c1-14(2)10-4-5-15(3,8-10)13(14)17-12(18)11-9-19-7-6-16-11/h10-11,13,16H,4-9H2,1-3H3,(H,17,18). The maximum atomic E-state index is 12.4. The third-order valence-electron chi connectivity index (χ3n) is 5.79. The summed E-state index contributed by atoms with van der Waals surface area (Å²) in [5.74, 6) is 0.880. The maximum absolute atomic E-state index is 12.4. The molecule has 0 aromatic rings. The van der Waals surface area contributed by atoms with Gasteiger partial charge in [0.25, 0.3) is 0 Å². The lowest BCUT2D eigenvalue weighted by atomic mass is 9.68. The first kappa shape index (κ1) is 13.4. The zero-order valence-corrected chi connectivity index (χ0v) is 12.3. The van der Waals surface area contributed by atoms with Crippen LogP contribution in [0.4, 0.5) is 0 Å². The van der Waals surface area contributed by atoms with Crippen LogP contribution in [0.1, 0.15) is 40.0 Å². The SMILES string of the molecule is CC12CCC(C1)C(C)(C)C2NC(=O)C1COCCN1. The molecule has 2 saturated carbocycles. The fraction of sp³-hybridized carbons (Fsp3) is 0.933. The summed E-state index contributed by atoms with van der Waals surface area (Å²) in [4.78, 5) is 12.4. The average Bonchev–Trinajstić information content (AvgIpc) is 2.87. The van der Waals surface area contributed by atoms with E-state index in [2.05, 4.69) is 31.4 Å². The zero-order chi connectivity index (χ0) is 13.7. The monoisotopic (exact) mass is 266 g/mol. The predicted octanol–water partition coefficient (Wildman–Crippen LogP) is 1.31. The van der Waals surface area contributed by atoms with Crippen molar-refractivity contribution < 1.29 is 9.53 Å². The molecule has 0 radical (unpaired) electrons. The Hall–Kier alpha value is -0.610. The number of amides is 1. The second-order valence-electron chi connectivity index (χ2n) is 7.44. The summed E-state index contributed by atoms with van der Waals surface area (Å²) >= 11 is 0. The summed E-state index contributed by atoms with van der Waals surface area (Å²) in [7, 11) is 0. The van der Waals surface area contributed by atoms with Gasteiger partial charge < -0.3 is 15.4 Å². The molecular weight excluding hydrogens is 240 g/mol. The molecule has 0 aromatic heterocycles. The highest BCUT2D eigenvalue weighted by atomic mass is 16.5. The second kappa shape index (κ2) is 4.45. The van der Waals surface area contributed by atoms with Gasteiger partial charge in [-0.15, -0.1) is 0 Å². The van der Waals surface area contributed by atoms with Crippen LogP contribution < -0.4 is 10.6 Å². The summed E-state index contributed by atoms with van der Waals surface area (Å²) < 4.78 is 5.38. The first-order chi connectivity index (χ1) is 8.93. The maximum Gasteiger partial charge on any atom is 0.239 e. The number of carbonyl (C=O) groups excluding carboxylic acids is 1. The highest BCUT2D eigenvalue weighted by Gasteiger charge is 2.59. The summed E-state index contributed by atoms with van der Waals surface area (Å²) in [6.07, 6.45) is 3.83. The van der Waals surface area contributed by atoms with Gasteiger partial charge in [0, 0.05) is 12.6 Å². The van der Waals surface area contributed by atoms with Crippen LogP contribution >= 0.6 is 0 Å². The summed E-state index contributed by atoms with van der Waals surface area (Å²) in [6, 6.07) is 0.127. The quantitative estimate of drug-likeness (QED) is 0.792. The van der Waals surface area contributed by atoms with Gasteiger partial charge in [0.05, 0.1) is 13.2 Å². The van der Waals surface area contributed by atoms with E-state index in [0.29, 0.717) is 24.7 Å². The Morgan fingerprint density at radius 2 is 2.16 bits per heavy atom. The van der Waals surface area contributed by atoms with Gasteiger partial charge in [0.2, 0.25) is 5.91 Å². The van der Waals surface area contributed by atoms with Gasteiger partial charge >= 0.3 is 0 Å². The fourth-order valence-corrected chi connectivity index (χ4v) is 4.64. The molecule has 4 atom stereocenters. The van der Waals surface area contributed by atoms with Crippen molar-refractivity contribution >= 4 is 5.91 Å². The zero-order valence-electron chi connectivity index (χ0n) is 12.3. The molecule has 1 heterocycles. The van der Waals surface area contributed by atoms with E-state index in [1.165, 1.54) is 19.3 Å². The Morgan fingerprint density at radius 1 is 1.37 bits per heavy atom. The largest absolute Gasteiger partial charge is 0.378 e. The number of hydrogen-bond acceptors (Lipinski definition) is 3. The minimum absolute atomic E-state index is 0.117. The lowest BCUT2D eigenvalue weighted by Crippen LogP contribution is -2.58. The Balaban J connectivity index is 1.70. The highest BCUT2D eigenvalue weighted by Crippen LogP contribution is 2.62. The van der Waals surface area contributed by atoms with E-state index in [-0.39, 0.29) is 17.4 Å². The van der Waals surface area contributed by atoms with E-state index >= 15 is 0 Å². The van der Waals surface area contributed by atoms with Gasteiger partial charge in [-0.25, -0.2) is 0 Å². The smallest absolute Gasteiger partial charge is 0.239 e. The molecular formula is C15H26N2O2. The number of rotatable bonds is 2. The fourth-order valence-electron chi connectivity index (χ4n) is 4.64. The van der Waals surface area contributed by atoms with Crippen LogP contribution in [-0.2, 0) is 9.53 Å². The molecule has 4 heteroatoms. The molecule has 3 rings (SSSR count). The van der Waals surface area contributed by atoms with Gasteiger partial charge in [-0.05, 0) is 36.0 Å². The van der Waals surface area contributed by atoms with Crippen LogP contribution in [0.3, 0.4) is 0 Å². The lowest BCUT2D eigenvalue weighted by molar-refractivity contribution is -0.128. The molecule has 3 fully saturated rings. The van der Waals surface area contributed by atoms with E-state index in [0.717, 1.165) is 12.5 Å². The van der Waals surface area contributed by atoms with E-state index in [1.54, 1.807) is 0 Å². The molecule has 3 aliphatic rings. The molecule has 2 N–H and O–H groups in total. The van der Waals surface area contributed by atoms with Crippen molar-refractivity contribution in [1.82, 2.24) is 10.6 Å². The summed E-state index contributed by atoms with van der Waals surface area (Å²) in [5.41, 5.74) is 0.511. The number of carbonyl (C=O) groups is 1. The van der Waals surface area contributed by atoms with Crippen molar-refractivity contribution in [3.63, 3.8) is 0 Å². The average molecular weight is 266 g/mol. The molecule has 1 amide bonds. The predicted molar refractivity (Wildman–Crippen MR) is 73.8 cm³/mol. The number of hydrogen-bond donors (Lipinski definition) is 2. The molecule has 4 nitrogen and oxygen atoms in total. The molecule has 2 bridgehead atoms. The van der Waals surface area contributed by atoms with Gasteiger partial charge in [0.1, 0.15) is 6.04 Å². The van der Waals surface area contributed by atoms with Gasteiger partial charge in [-0.3, -0.25) is 4.79 Å². The number of morpholine rings is 1. The van der Waals surface area contributed by atoms with Gasteiger partial charge in [-0.1, -0.05) is 20.8 Å². The van der Waals surface area contributed by atoms with Crippen molar-refractivity contribution in [3.8, 4) is 0 Å². The van der Waals surface area contributed by atoms with E-state index < -0.39 is 0 Å². The number of ether oxygens (including phenoxy) is 1. The first-order valence-corrected chi connectivity index (χ1v) is 7.55. The van der Waals surface area contributed by atoms with Crippen molar-refractivity contribution in [3.05, 3.63) is 0 Å². The molecule has 4 unspecified atom stereocenters. The number of fused-ring (bicyclic) bond motifs is 2. The molecule has 1 aliphatic heterocycles. The molecule has 19 heavy (non-hydrogen) atoms. The summed E-state index contributed by atoms with van der Waals surface area (Å²) in [5, 5.41) is 6.57. The van der Waals surface area contributed by atoms with Crippen molar-refractivity contribution in [2.24, 2.45) is 16.7 Å². The van der Waals surface area contributed by atoms with Crippen LogP contribution in [0.5, 0.6) is 0 Å². The Bertz CT molecular complexity index is 372. The molecule has 1 saturated heterocycles. The Morgan fingerprint density at radius 3 is 2.74 bits per heavy atom. The van der Waals surface area contributed by atoms with Gasteiger partial charge in [-0.2, -0.15) is 0 Å². The number of nitrogens with one attached hydrogen (secondary N) is 2. The van der Waals surface area contributed by atoms with Crippen molar-refractivity contribution in [2.75, 3.05) is 19.8 Å². The third kappa shape index (κ3) is 2.09. The normalized spacial score (nSPS) is 44.3. The molecule has 0 aromatic carbocycles. The van der Waals surface area contributed by atoms with E-state index in [1.807, 2.05) is 0 Å². The molecule has 0 spiro atoms. The minimum atomic E-state index is -0.174. The Kier molecular flexibility index (Phi) is 3.13. The van der Waals surface area contributed by atoms with Crippen molar-refractivity contribution in [1.29, 1.82) is 0 Å². The Labute approximate surface area is 115 Å². The summed E-state index contributed by atoms with van der Waals surface area (Å²) in [6.45, 7) is 8.96. The minimum Gasteiger partial charge on any atom is -0.378 e. The first-order valence-electron chi connectivity index (χ1n) is 7.55. The van der Waals surface area contributed by atoms with Crippen LogP contribution in [-0.4, -0.2) is 37.7 Å². The van der Waals surface area contributed by atoms with Crippen LogP contribution in [0.25, 0.3) is 0 Å². The topological polar surface area (TPSA) is 50.4 Å². The molecule has 2 aliphatic carbocycles. The van der Waals surface area contributed by atoms with Crippen LogP contribution in [0.15, 0.2) is 0 Å². The van der Waals surface area contributed by atoms with Crippen LogP contribution in [0.2, 0.25) is 0 Å². The lowest BCUT2D eigenvalue weighted by Gasteiger charge is -2.43. The van der Waals surface area contributed by atoms with Crippen LogP contribution in [0, 0.1) is 16.7 Å².